The highest BCUT2D eigenvalue weighted by atomic mass is 32.2. The Labute approximate surface area is 126 Å². The van der Waals surface area contributed by atoms with Crippen molar-refractivity contribution < 1.29 is 21.6 Å². The van der Waals surface area contributed by atoms with Crippen LogP contribution in [0.25, 0.3) is 0 Å². The van der Waals surface area contributed by atoms with Crippen molar-refractivity contribution in [2.24, 2.45) is 0 Å². The van der Waals surface area contributed by atoms with Crippen LogP contribution in [0.3, 0.4) is 0 Å². The molecule has 0 aliphatic heterocycles. The van der Waals surface area contributed by atoms with E-state index >= 15 is 0 Å². The molecule has 0 heterocycles. The van der Waals surface area contributed by atoms with Gasteiger partial charge in [0.1, 0.15) is 0 Å². The van der Waals surface area contributed by atoms with Crippen LogP contribution >= 0.6 is 11.8 Å². The fraction of sp³-hybridized carbons (Fsp3) is 0.500. The highest BCUT2D eigenvalue weighted by Crippen LogP contribution is 2.22. The number of benzene rings is 1. The van der Waals surface area contributed by atoms with Crippen LogP contribution in [0, 0.1) is 0 Å². The summed E-state index contributed by atoms with van der Waals surface area (Å²) in [6.07, 6.45) is -5.58. The smallest absolute Gasteiger partial charge is 0.390 e. The van der Waals surface area contributed by atoms with E-state index in [1.165, 1.54) is 18.7 Å². The van der Waals surface area contributed by atoms with Gasteiger partial charge in [-0.25, -0.2) is 13.1 Å². The number of thioether (sulfide) groups is 1. The molecule has 0 saturated carbocycles. The molecule has 4 nitrogen and oxygen atoms in total. The summed E-state index contributed by atoms with van der Waals surface area (Å²) < 4.78 is 61.8. The highest BCUT2D eigenvalue weighted by molar-refractivity contribution is 8.00. The van der Waals surface area contributed by atoms with E-state index in [9.17, 15) is 21.6 Å². The van der Waals surface area contributed by atoms with Crippen LogP contribution in [-0.2, 0) is 10.0 Å². The maximum Gasteiger partial charge on any atom is 0.390 e. The summed E-state index contributed by atoms with van der Waals surface area (Å²) in [7, 11) is -3.74. The van der Waals surface area contributed by atoms with E-state index in [1.807, 2.05) is 4.72 Å². The summed E-state index contributed by atoms with van der Waals surface area (Å²) in [5, 5.41) is 0. The van der Waals surface area contributed by atoms with Crippen LogP contribution in [0.2, 0.25) is 0 Å². The molecule has 9 heteroatoms. The third kappa shape index (κ3) is 8.18. The summed E-state index contributed by atoms with van der Waals surface area (Å²) in [6.45, 7) is 1.19. The van der Waals surface area contributed by atoms with Crippen molar-refractivity contribution in [3.63, 3.8) is 0 Å². The Hall–Kier alpha value is -0.930. The van der Waals surface area contributed by atoms with Crippen molar-refractivity contribution >= 4 is 27.5 Å². The summed E-state index contributed by atoms with van der Waals surface area (Å²) in [4.78, 5) is 0.813. The number of nitrogens with two attached hydrogens (primary N) is 1. The maximum atomic E-state index is 12.1. The number of nitrogens with one attached hydrogen (secondary N) is 1. The molecule has 0 amide bonds. The lowest BCUT2D eigenvalue weighted by Gasteiger charge is -2.15. The molecule has 0 saturated heterocycles. The van der Waals surface area contributed by atoms with Crippen LogP contribution < -0.4 is 10.5 Å². The molecule has 1 rings (SSSR count). The predicted octanol–water partition coefficient (Wildman–Crippen LogP) is 2.62. The van der Waals surface area contributed by atoms with Crippen LogP contribution in [0.1, 0.15) is 13.3 Å². The van der Waals surface area contributed by atoms with Gasteiger partial charge in [-0.2, -0.15) is 13.2 Å². The quantitative estimate of drug-likeness (QED) is 0.590. The molecule has 0 spiro atoms. The Balaban J connectivity index is 2.43. The number of sulfonamides is 1. The summed E-state index contributed by atoms with van der Waals surface area (Å²) >= 11 is 1.28. The molecule has 120 valence electrons. The van der Waals surface area contributed by atoms with Crippen molar-refractivity contribution in [2.45, 2.75) is 30.5 Å². The molecule has 1 aromatic carbocycles. The number of rotatable bonds is 7. The van der Waals surface area contributed by atoms with Crippen LogP contribution in [0.5, 0.6) is 0 Å². The minimum absolute atomic E-state index is 0.234. The van der Waals surface area contributed by atoms with Crippen molar-refractivity contribution in [2.75, 3.05) is 17.2 Å². The lowest BCUT2D eigenvalue weighted by atomic mass is 10.2. The second-order valence-electron chi connectivity index (χ2n) is 4.58. The maximum absolute atomic E-state index is 12.1. The fourth-order valence-electron chi connectivity index (χ4n) is 1.63. The average molecular weight is 342 g/mol. The zero-order valence-corrected chi connectivity index (χ0v) is 13.0. The van der Waals surface area contributed by atoms with Gasteiger partial charge in [-0.1, -0.05) is 6.07 Å². The zero-order chi connectivity index (χ0) is 16.1. The second-order valence-corrected chi connectivity index (χ2v) is 7.62. The zero-order valence-electron chi connectivity index (χ0n) is 11.4. The van der Waals surface area contributed by atoms with Crippen molar-refractivity contribution in [1.29, 1.82) is 0 Å². The molecule has 1 atom stereocenters. The SMILES string of the molecule is CC(CC(F)(F)F)NS(=O)(=O)CCSc1cccc(N)c1. The molecule has 0 radical (unpaired) electrons. The monoisotopic (exact) mass is 342 g/mol. The first-order valence-corrected chi connectivity index (χ1v) is 8.76. The van der Waals surface area contributed by atoms with Gasteiger partial charge in [0.05, 0.1) is 12.2 Å². The molecular weight excluding hydrogens is 325 g/mol. The van der Waals surface area contributed by atoms with Gasteiger partial charge in [0.2, 0.25) is 10.0 Å². The molecular formula is C12H17F3N2O2S2. The van der Waals surface area contributed by atoms with Gasteiger partial charge in [0.15, 0.2) is 0 Å². The number of hydrogen-bond donors (Lipinski definition) is 2. The summed E-state index contributed by atoms with van der Waals surface area (Å²) in [5.41, 5.74) is 6.16. The standard InChI is InChI=1S/C12H17F3N2O2S2/c1-9(8-12(13,14)15)17-21(18,19)6-5-20-11-4-2-3-10(16)7-11/h2-4,7,9,17H,5-6,8,16H2,1H3. The Kier molecular flexibility index (Phi) is 6.36. The third-order valence-corrected chi connectivity index (χ3v) is 5.15. The lowest BCUT2D eigenvalue weighted by molar-refractivity contribution is -0.137. The third-order valence-electron chi connectivity index (χ3n) is 2.40. The highest BCUT2D eigenvalue weighted by Gasteiger charge is 2.31. The molecule has 0 bridgehead atoms. The van der Waals surface area contributed by atoms with E-state index in [-0.39, 0.29) is 11.5 Å². The number of halogens is 3. The Bertz CT molecular complexity index is 562. The van der Waals surface area contributed by atoms with E-state index in [2.05, 4.69) is 0 Å². The van der Waals surface area contributed by atoms with Crippen molar-refractivity contribution in [1.82, 2.24) is 4.72 Å². The summed E-state index contributed by atoms with van der Waals surface area (Å²) in [5.74, 6) is -0.0216. The fourth-order valence-corrected chi connectivity index (χ4v) is 4.28. The van der Waals surface area contributed by atoms with Gasteiger partial charge in [-0.15, -0.1) is 11.8 Å². The number of anilines is 1. The van der Waals surface area contributed by atoms with Crippen molar-refractivity contribution in [3.05, 3.63) is 24.3 Å². The number of hydrogen-bond acceptors (Lipinski definition) is 4. The largest absolute Gasteiger partial charge is 0.399 e. The van der Waals surface area contributed by atoms with Gasteiger partial charge in [-0.3, -0.25) is 0 Å². The van der Waals surface area contributed by atoms with Gasteiger partial charge >= 0.3 is 6.18 Å². The van der Waals surface area contributed by atoms with Crippen LogP contribution in [0.15, 0.2) is 29.2 Å². The van der Waals surface area contributed by atoms with Gasteiger partial charge in [0.25, 0.3) is 0 Å². The first kappa shape index (κ1) is 18.1. The van der Waals surface area contributed by atoms with Crippen LogP contribution in [-0.4, -0.2) is 32.1 Å². The van der Waals surface area contributed by atoms with E-state index in [4.69, 9.17) is 5.73 Å². The molecule has 0 aliphatic carbocycles. The summed E-state index contributed by atoms with van der Waals surface area (Å²) in [6, 6.07) is 5.77. The normalized spacial score (nSPS) is 14.1. The minimum atomic E-state index is -4.39. The van der Waals surface area contributed by atoms with Gasteiger partial charge in [0, 0.05) is 22.4 Å². The first-order chi connectivity index (χ1) is 9.57. The van der Waals surface area contributed by atoms with E-state index in [1.54, 1.807) is 24.3 Å². The average Bonchev–Trinajstić information content (AvgIpc) is 2.24. The Morgan fingerprint density at radius 1 is 1.38 bits per heavy atom. The molecule has 0 aromatic heterocycles. The Morgan fingerprint density at radius 3 is 2.62 bits per heavy atom. The molecule has 21 heavy (non-hydrogen) atoms. The lowest BCUT2D eigenvalue weighted by Crippen LogP contribution is -2.37. The molecule has 1 aromatic rings. The first-order valence-electron chi connectivity index (χ1n) is 6.12. The molecule has 0 aliphatic rings. The Morgan fingerprint density at radius 2 is 2.05 bits per heavy atom. The number of nitrogen functional groups attached to an aromatic ring is 1. The van der Waals surface area contributed by atoms with E-state index in [0.717, 1.165) is 4.90 Å². The van der Waals surface area contributed by atoms with Gasteiger partial charge < -0.3 is 5.73 Å². The second kappa shape index (κ2) is 7.37. The number of alkyl halides is 3. The predicted molar refractivity (Wildman–Crippen MR) is 78.6 cm³/mol. The van der Waals surface area contributed by atoms with Crippen LogP contribution in [0.4, 0.5) is 18.9 Å². The van der Waals surface area contributed by atoms with E-state index in [0.29, 0.717) is 5.69 Å². The molecule has 0 fully saturated rings. The minimum Gasteiger partial charge on any atom is -0.399 e. The topological polar surface area (TPSA) is 72.2 Å². The van der Waals surface area contributed by atoms with E-state index < -0.39 is 28.7 Å². The molecule has 3 N–H and O–H groups in total. The van der Waals surface area contributed by atoms with Gasteiger partial charge in [-0.05, 0) is 25.1 Å². The van der Waals surface area contributed by atoms with Crippen molar-refractivity contribution in [3.8, 4) is 0 Å². The molecule has 1 unspecified atom stereocenters.